The van der Waals surface area contributed by atoms with Gasteiger partial charge in [-0.05, 0) is 45.7 Å². The van der Waals surface area contributed by atoms with Gasteiger partial charge in [-0.3, -0.25) is 4.21 Å². The third-order valence-corrected chi connectivity index (χ3v) is 6.51. The van der Waals surface area contributed by atoms with Crippen LogP contribution in [0.5, 0.6) is 0 Å². The van der Waals surface area contributed by atoms with Crippen LogP contribution >= 0.6 is 0 Å². The predicted octanol–water partition coefficient (Wildman–Crippen LogP) is 2.00. The summed E-state index contributed by atoms with van der Waals surface area (Å²) < 4.78 is 11.4. The van der Waals surface area contributed by atoms with Crippen molar-refractivity contribution in [3.05, 3.63) is 0 Å². The van der Waals surface area contributed by atoms with Crippen molar-refractivity contribution in [1.29, 1.82) is 0 Å². The molecule has 1 N–H and O–H groups in total. The molecule has 0 amide bonds. The Morgan fingerprint density at radius 2 is 1.95 bits per heavy atom. The van der Waals surface area contributed by atoms with Gasteiger partial charge in [-0.1, -0.05) is 19.8 Å². The normalized spacial score (nSPS) is 40.5. The van der Waals surface area contributed by atoms with Crippen molar-refractivity contribution >= 4 is 10.8 Å². The monoisotopic (exact) mass is 286 g/mol. The van der Waals surface area contributed by atoms with E-state index in [4.69, 9.17) is 0 Å². The molecule has 1 aliphatic carbocycles. The number of nitrogens with one attached hydrogen (secondary N) is 1. The third kappa shape index (κ3) is 4.02. The second kappa shape index (κ2) is 6.68. The SMILES string of the molecule is CC1CCCC(CNC2CCS(=O)CC2)(N(C)C)C1. The van der Waals surface area contributed by atoms with Crippen LogP contribution in [0.1, 0.15) is 45.4 Å². The van der Waals surface area contributed by atoms with Gasteiger partial charge in [0, 0.05) is 40.4 Å². The van der Waals surface area contributed by atoms with E-state index in [9.17, 15) is 4.21 Å². The molecule has 0 aromatic heterocycles. The first kappa shape index (κ1) is 15.5. The fourth-order valence-electron chi connectivity index (χ4n) is 3.69. The molecule has 0 radical (unpaired) electrons. The minimum atomic E-state index is -0.545. The molecule has 2 aliphatic rings. The van der Waals surface area contributed by atoms with Crippen molar-refractivity contribution in [2.45, 2.75) is 57.0 Å². The summed E-state index contributed by atoms with van der Waals surface area (Å²) in [7, 11) is 3.92. The van der Waals surface area contributed by atoms with Crippen LogP contribution in [-0.2, 0) is 10.8 Å². The van der Waals surface area contributed by atoms with Crippen LogP contribution in [0, 0.1) is 5.92 Å². The zero-order valence-corrected chi connectivity index (χ0v) is 13.6. The van der Waals surface area contributed by atoms with E-state index in [0.29, 0.717) is 11.6 Å². The Labute approximate surface area is 121 Å². The Bertz CT molecular complexity index is 311. The second-order valence-corrected chi connectivity index (χ2v) is 8.52. The van der Waals surface area contributed by atoms with Crippen molar-refractivity contribution < 1.29 is 4.21 Å². The maximum atomic E-state index is 11.4. The van der Waals surface area contributed by atoms with Crippen molar-refractivity contribution in [1.82, 2.24) is 10.2 Å². The summed E-state index contributed by atoms with van der Waals surface area (Å²) in [4.78, 5) is 2.44. The van der Waals surface area contributed by atoms with Crippen molar-refractivity contribution in [2.75, 3.05) is 32.1 Å². The molecule has 2 unspecified atom stereocenters. The predicted molar refractivity (Wildman–Crippen MR) is 83.0 cm³/mol. The molecular formula is C15H30N2OS. The summed E-state index contributed by atoms with van der Waals surface area (Å²) in [5, 5.41) is 3.78. The van der Waals surface area contributed by atoms with Gasteiger partial charge < -0.3 is 10.2 Å². The molecule has 0 aromatic carbocycles. The second-order valence-electron chi connectivity index (χ2n) is 6.82. The molecule has 112 valence electrons. The van der Waals surface area contributed by atoms with Gasteiger partial charge in [-0.2, -0.15) is 0 Å². The average molecular weight is 286 g/mol. The minimum Gasteiger partial charge on any atom is -0.312 e. The van der Waals surface area contributed by atoms with Gasteiger partial charge in [0.05, 0.1) is 0 Å². The lowest BCUT2D eigenvalue weighted by atomic mass is 9.75. The van der Waals surface area contributed by atoms with Crippen molar-refractivity contribution in [3.63, 3.8) is 0 Å². The summed E-state index contributed by atoms with van der Waals surface area (Å²) in [5.74, 6) is 2.63. The quantitative estimate of drug-likeness (QED) is 0.858. The number of nitrogens with zero attached hydrogens (tertiary/aromatic N) is 1. The maximum Gasteiger partial charge on any atom is 0.0330 e. The van der Waals surface area contributed by atoms with Crippen LogP contribution in [0.2, 0.25) is 0 Å². The van der Waals surface area contributed by atoms with E-state index in [1.807, 2.05) is 0 Å². The zero-order valence-electron chi connectivity index (χ0n) is 12.8. The first-order valence-electron chi connectivity index (χ1n) is 7.78. The van der Waals surface area contributed by atoms with E-state index in [1.54, 1.807) is 0 Å². The van der Waals surface area contributed by atoms with Gasteiger partial charge in [-0.25, -0.2) is 0 Å². The Morgan fingerprint density at radius 1 is 1.26 bits per heavy atom. The molecule has 1 saturated heterocycles. The lowest BCUT2D eigenvalue weighted by Crippen LogP contribution is -2.56. The molecule has 1 saturated carbocycles. The lowest BCUT2D eigenvalue weighted by molar-refractivity contribution is 0.0719. The molecule has 1 heterocycles. The van der Waals surface area contributed by atoms with Gasteiger partial charge >= 0.3 is 0 Å². The maximum absolute atomic E-state index is 11.4. The highest BCUT2D eigenvalue weighted by molar-refractivity contribution is 7.85. The fraction of sp³-hybridized carbons (Fsp3) is 1.00. The topological polar surface area (TPSA) is 32.3 Å². The molecule has 3 nitrogen and oxygen atoms in total. The average Bonchev–Trinajstić information content (AvgIpc) is 2.38. The summed E-state index contributed by atoms with van der Waals surface area (Å²) in [6.07, 6.45) is 7.55. The Morgan fingerprint density at radius 3 is 2.53 bits per heavy atom. The van der Waals surface area contributed by atoms with Crippen molar-refractivity contribution in [2.24, 2.45) is 5.92 Å². The van der Waals surface area contributed by atoms with Crippen LogP contribution in [-0.4, -0.2) is 52.8 Å². The molecule has 2 fully saturated rings. The number of hydrogen-bond donors (Lipinski definition) is 1. The van der Waals surface area contributed by atoms with Crippen molar-refractivity contribution in [3.8, 4) is 0 Å². The van der Waals surface area contributed by atoms with E-state index < -0.39 is 10.8 Å². The summed E-state index contributed by atoms with van der Waals surface area (Å²) in [5.41, 5.74) is 0.342. The van der Waals surface area contributed by atoms with Crippen LogP contribution in [0.4, 0.5) is 0 Å². The fourth-order valence-corrected chi connectivity index (χ4v) is 4.99. The lowest BCUT2D eigenvalue weighted by Gasteiger charge is -2.46. The summed E-state index contributed by atoms with van der Waals surface area (Å²) >= 11 is 0. The molecule has 1 aliphatic heterocycles. The zero-order chi connectivity index (χ0) is 13.9. The molecule has 19 heavy (non-hydrogen) atoms. The Kier molecular flexibility index (Phi) is 5.44. The molecule has 0 bridgehead atoms. The molecule has 4 heteroatoms. The van der Waals surface area contributed by atoms with Gasteiger partial charge in [0.25, 0.3) is 0 Å². The molecule has 2 rings (SSSR count). The van der Waals surface area contributed by atoms with Gasteiger partial charge in [-0.15, -0.1) is 0 Å². The standard InChI is InChI=1S/C15H30N2OS/c1-13-5-4-8-15(11-13,17(2)3)12-16-14-6-9-19(18)10-7-14/h13-14,16H,4-12H2,1-3H3. The van der Waals surface area contributed by atoms with E-state index >= 15 is 0 Å². The van der Waals surface area contributed by atoms with E-state index in [-0.39, 0.29) is 0 Å². The van der Waals surface area contributed by atoms with E-state index in [1.165, 1.54) is 25.7 Å². The van der Waals surface area contributed by atoms with E-state index in [2.05, 4.69) is 31.2 Å². The summed E-state index contributed by atoms with van der Waals surface area (Å²) in [6.45, 7) is 3.49. The van der Waals surface area contributed by atoms with E-state index in [0.717, 1.165) is 36.8 Å². The first-order chi connectivity index (χ1) is 9.02. The van der Waals surface area contributed by atoms with Crippen LogP contribution in [0.25, 0.3) is 0 Å². The number of likely N-dealkylation sites (N-methyl/N-ethyl adjacent to an activating group) is 1. The van der Waals surface area contributed by atoms with Crippen LogP contribution < -0.4 is 5.32 Å². The molecular weight excluding hydrogens is 256 g/mol. The Balaban J connectivity index is 1.88. The Hall–Kier alpha value is 0.0700. The minimum absolute atomic E-state index is 0.342. The molecule has 2 atom stereocenters. The highest BCUT2D eigenvalue weighted by atomic mass is 32.2. The number of hydrogen-bond acceptors (Lipinski definition) is 3. The van der Waals surface area contributed by atoms with Gasteiger partial charge in [0.1, 0.15) is 0 Å². The highest BCUT2D eigenvalue weighted by Gasteiger charge is 2.37. The van der Waals surface area contributed by atoms with Gasteiger partial charge in [0.15, 0.2) is 0 Å². The first-order valence-corrected chi connectivity index (χ1v) is 9.26. The summed E-state index contributed by atoms with van der Waals surface area (Å²) in [6, 6.07) is 0.590. The molecule has 0 spiro atoms. The largest absolute Gasteiger partial charge is 0.312 e. The third-order valence-electron chi connectivity index (χ3n) is 5.12. The van der Waals surface area contributed by atoms with Crippen LogP contribution in [0.15, 0.2) is 0 Å². The highest BCUT2D eigenvalue weighted by Crippen LogP contribution is 2.35. The number of rotatable bonds is 4. The smallest absolute Gasteiger partial charge is 0.0330 e. The van der Waals surface area contributed by atoms with Crippen LogP contribution in [0.3, 0.4) is 0 Å². The van der Waals surface area contributed by atoms with Gasteiger partial charge in [0.2, 0.25) is 0 Å². The molecule has 0 aromatic rings.